The second kappa shape index (κ2) is 8.47. The third kappa shape index (κ3) is 3.97. The Hall–Kier alpha value is -3.65. The van der Waals surface area contributed by atoms with Gasteiger partial charge in [-0.3, -0.25) is 0 Å². The maximum atomic E-state index is 13.9. The van der Waals surface area contributed by atoms with Gasteiger partial charge < -0.3 is 9.84 Å². The summed E-state index contributed by atoms with van der Waals surface area (Å²) >= 11 is 1.73. The standard InChI is InChI=1S/C24H20FN5OS/c1-14-9-18(25)10-20-19(15(2)32-23(14)20)7-8-26-22-11-21(27-12-28-22)16-3-5-17(6-4-16)24-29-13-31-30-24/h3-6,9-13H,7-8H2,1-2H3,(H,26,27,28). The number of anilines is 1. The zero-order valence-corrected chi connectivity index (χ0v) is 18.4. The predicted octanol–water partition coefficient (Wildman–Crippen LogP) is 5.82. The van der Waals surface area contributed by atoms with Crippen LogP contribution >= 0.6 is 11.3 Å². The lowest BCUT2D eigenvalue weighted by atomic mass is 10.1. The van der Waals surface area contributed by atoms with Crippen molar-refractivity contribution in [3.63, 3.8) is 0 Å². The summed E-state index contributed by atoms with van der Waals surface area (Å²) in [5.41, 5.74) is 4.83. The SMILES string of the molecule is Cc1sc2c(C)cc(F)cc2c1CCNc1cc(-c2ccc(-c3ncon3)cc2)ncn1. The zero-order valence-electron chi connectivity index (χ0n) is 17.6. The van der Waals surface area contributed by atoms with E-state index in [0.29, 0.717) is 12.4 Å². The highest BCUT2D eigenvalue weighted by Crippen LogP contribution is 2.34. The van der Waals surface area contributed by atoms with Crippen LogP contribution in [0.4, 0.5) is 10.2 Å². The van der Waals surface area contributed by atoms with Crippen molar-refractivity contribution in [3.8, 4) is 22.6 Å². The molecule has 5 rings (SSSR count). The number of aromatic nitrogens is 4. The molecule has 3 heterocycles. The van der Waals surface area contributed by atoms with Crippen molar-refractivity contribution in [1.82, 2.24) is 20.1 Å². The Kier molecular flexibility index (Phi) is 5.36. The second-order valence-electron chi connectivity index (χ2n) is 7.53. The maximum absolute atomic E-state index is 13.9. The summed E-state index contributed by atoms with van der Waals surface area (Å²) in [6.07, 6.45) is 3.64. The highest BCUT2D eigenvalue weighted by Gasteiger charge is 2.12. The molecule has 0 aliphatic heterocycles. The minimum atomic E-state index is -0.187. The van der Waals surface area contributed by atoms with Gasteiger partial charge in [0, 0.05) is 33.3 Å². The Bertz CT molecular complexity index is 1380. The Labute approximate surface area is 188 Å². The number of nitrogens with one attached hydrogen (secondary N) is 1. The third-order valence-corrected chi connectivity index (χ3v) is 6.69. The van der Waals surface area contributed by atoms with Crippen molar-refractivity contribution in [3.05, 3.63) is 77.0 Å². The van der Waals surface area contributed by atoms with E-state index in [1.165, 1.54) is 16.8 Å². The Balaban J connectivity index is 1.30. The lowest BCUT2D eigenvalue weighted by Gasteiger charge is -2.08. The molecule has 0 aliphatic carbocycles. The Morgan fingerprint density at radius 3 is 2.59 bits per heavy atom. The first-order chi connectivity index (χ1) is 15.6. The molecule has 0 fully saturated rings. The van der Waals surface area contributed by atoms with Gasteiger partial charge in [-0.25, -0.2) is 14.4 Å². The predicted molar refractivity (Wildman–Crippen MR) is 124 cm³/mol. The largest absolute Gasteiger partial charge is 0.370 e. The number of nitrogens with zero attached hydrogens (tertiary/aromatic N) is 4. The van der Waals surface area contributed by atoms with E-state index in [4.69, 9.17) is 4.52 Å². The monoisotopic (exact) mass is 445 g/mol. The highest BCUT2D eigenvalue weighted by molar-refractivity contribution is 7.19. The fraction of sp³-hybridized carbons (Fsp3) is 0.167. The molecule has 32 heavy (non-hydrogen) atoms. The van der Waals surface area contributed by atoms with E-state index in [2.05, 4.69) is 32.3 Å². The van der Waals surface area contributed by atoms with Gasteiger partial charge in [0.2, 0.25) is 12.2 Å². The van der Waals surface area contributed by atoms with Gasteiger partial charge in [0.1, 0.15) is 18.0 Å². The molecule has 1 N–H and O–H groups in total. The van der Waals surface area contributed by atoms with Gasteiger partial charge in [0.05, 0.1) is 5.69 Å². The van der Waals surface area contributed by atoms with Crippen LogP contribution in [0.3, 0.4) is 0 Å². The first-order valence-electron chi connectivity index (χ1n) is 10.2. The van der Waals surface area contributed by atoms with E-state index in [1.807, 2.05) is 37.3 Å². The molecule has 160 valence electrons. The highest BCUT2D eigenvalue weighted by atomic mass is 32.1. The van der Waals surface area contributed by atoms with E-state index in [0.717, 1.165) is 44.7 Å². The molecule has 0 atom stereocenters. The molecule has 6 nitrogen and oxygen atoms in total. The summed E-state index contributed by atoms with van der Waals surface area (Å²) in [4.78, 5) is 14.0. The molecule has 0 saturated carbocycles. The van der Waals surface area contributed by atoms with Crippen LogP contribution in [0.1, 0.15) is 16.0 Å². The summed E-state index contributed by atoms with van der Waals surface area (Å²) in [5, 5.41) is 8.24. The third-order valence-electron chi connectivity index (χ3n) is 5.39. The van der Waals surface area contributed by atoms with E-state index in [9.17, 15) is 4.39 Å². The van der Waals surface area contributed by atoms with Gasteiger partial charge in [-0.1, -0.05) is 29.4 Å². The van der Waals surface area contributed by atoms with Crippen LogP contribution in [-0.2, 0) is 6.42 Å². The number of benzene rings is 2. The van der Waals surface area contributed by atoms with Crippen LogP contribution in [-0.4, -0.2) is 26.7 Å². The Morgan fingerprint density at radius 1 is 1.00 bits per heavy atom. The number of hydrogen-bond donors (Lipinski definition) is 1. The second-order valence-corrected chi connectivity index (χ2v) is 8.76. The maximum Gasteiger partial charge on any atom is 0.214 e. The first-order valence-corrected chi connectivity index (χ1v) is 11.0. The lowest BCUT2D eigenvalue weighted by Crippen LogP contribution is -2.07. The van der Waals surface area contributed by atoms with Crippen molar-refractivity contribution < 1.29 is 8.91 Å². The van der Waals surface area contributed by atoms with Gasteiger partial charge in [-0.2, -0.15) is 4.98 Å². The van der Waals surface area contributed by atoms with E-state index < -0.39 is 0 Å². The summed E-state index contributed by atoms with van der Waals surface area (Å²) in [7, 11) is 0. The molecule has 5 aromatic rings. The van der Waals surface area contributed by atoms with Crippen molar-refractivity contribution >= 4 is 27.2 Å². The fourth-order valence-electron chi connectivity index (χ4n) is 3.82. The smallest absolute Gasteiger partial charge is 0.214 e. The van der Waals surface area contributed by atoms with Crippen LogP contribution in [0.2, 0.25) is 0 Å². The van der Waals surface area contributed by atoms with Gasteiger partial charge >= 0.3 is 0 Å². The van der Waals surface area contributed by atoms with Crippen molar-refractivity contribution in [1.29, 1.82) is 0 Å². The quantitative estimate of drug-likeness (QED) is 0.355. The van der Waals surface area contributed by atoms with Gasteiger partial charge in [0.15, 0.2) is 0 Å². The molecule has 0 bridgehead atoms. The molecule has 0 saturated heterocycles. The van der Waals surface area contributed by atoms with E-state index in [1.54, 1.807) is 29.8 Å². The van der Waals surface area contributed by atoms with Crippen molar-refractivity contribution in [2.24, 2.45) is 0 Å². The van der Waals surface area contributed by atoms with Crippen molar-refractivity contribution in [2.75, 3.05) is 11.9 Å². The number of halogens is 1. The number of thiophene rings is 1. The molecule has 0 radical (unpaired) electrons. The van der Waals surface area contributed by atoms with Crippen LogP contribution in [0.25, 0.3) is 32.7 Å². The molecular formula is C24H20FN5OS. The van der Waals surface area contributed by atoms with E-state index >= 15 is 0 Å². The molecule has 0 spiro atoms. The molecule has 2 aromatic carbocycles. The average Bonchev–Trinajstić information content (AvgIpc) is 3.43. The van der Waals surface area contributed by atoms with Crippen LogP contribution < -0.4 is 5.32 Å². The number of rotatable bonds is 6. The first kappa shape index (κ1) is 20.3. The summed E-state index contributed by atoms with van der Waals surface area (Å²) in [6.45, 7) is 4.74. The molecule has 0 amide bonds. The van der Waals surface area contributed by atoms with Crippen molar-refractivity contribution in [2.45, 2.75) is 20.3 Å². The van der Waals surface area contributed by atoms with Gasteiger partial charge in [-0.15, -0.1) is 11.3 Å². The number of hydrogen-bond acceptors (Lipinski definition) is 7. The summed E-state index contributed by atoms with van der Waals surface area (Å²) in [6, 6.07) is 13.0. The topological polar surface area (TPSA) is 76.7 Å². The minimum absolute atomic E-state index is 0.187. The molecule has 3 aromatic heterocycles. The average molecular weight is 446 g/mol. The van der Waals surface area contributed by atoms with Crippen LogP contribution in [0.15, 0.2) is 59.7 Å². The number of fused-ring (bicyclic) bond motifs is 1. The number of aryl methyl sites for hydroxylation is 2. The normalized spacial score (nSPS) is 11.2. The van der Waals surface area contributed by atoms with E-state index in [-0.39, 0.29) is 5.82 Å². The Morgan fingerprint density at radius 2 is 1.81 bits per heavy atom. The van der Waals surface area contributed by atoms with Crippen LogP contribution in [0.5, 0.6) is 0 Å². The molecule has 0 unspecified atom stereocenters. The molecule has 0 aliphatic rings. The van der Waals surface area contributed by atoms with Gasteiger partial charge in [-0.05, 0) is 48.9 Å². The van der Waals surface area contributed by atoms with Crippen LogP contribution in [0, 0.1) is 19.7 Å². The summed E-state index contributed by atoms with van der Waals surface area (Å²) < 4.78 is 19.9. The molecular weight excluding hydrogens is 425 g/mol. The lowest BCUT2D eigenvalue weighted by molar-refractivity contribution is 0.419. The zero-order chi connectivity index (χ0) is 22.1. The van der Waals surface area contributed by atoms with Gasteiger partial charge in [0.25, 0.3) is 0 Å². The summed E-state index contributed by atoms with van der Waals surface area (Å²) in [5.74, 6) is 1.11. The minimum Gasteiger partial charge on any atom is -0.370 e. The molecule has 8 heteroatoms. The fourth-order valence-corrected chi connectivity index (χ4v) is 4.97.